The van der Waals surface area contributed by atoms with Crippen LogP contribution in [0.3, 0.4) is 0 Å². The molecule has 0 radical (unpaired) electrons. The summed E-state index contributed by atoms with van der Waals surface area (Å²) in [5, 5.41) is 10.5. The highest BCUT2D eigenvalue weighted by atomic mass is 16.5. The molecular formula is C21H28N3O2+. The fourth-order valence-corrected chi connectivity index (χ4v) is 3.22. The first-order valence-electron chi connectivity index (χ1n) is 9.24. The van der Waals surface area contributed by atoms with E-state index in [2.05, 4.69) is 17.6 Å². The number of aliphatic hydroxyl groups excluding tert-OH is 1. The number of para-hydroxylation sites is 2. The number of rotatable bonds is 8. The minimum absolute atomic E-state index is 0.227. The van der Waals surface area contributed by atoms with Crippen molar-refractivity contribution in [3.63, 3.8) is 0 Å². The number of ether oxygens (including phenoxy) is 1. The third kappa shape index (κ3) is 3.99. The van der Waals surface area contributed by atoms with E-state index in [0.717, 1.165) is 41.7 Å². The van der Waals surface area contributed by atoms with E-state index in [1.807, 2.05) is 54.0 Å². The molecule has 0 aliphatic carbocycles. The Bertz CT molecular complexity index is 873. The van der Waals surface area contributed by atoms with Crippen LogP contribution in [0.4, 0.5) is 5.95 Å². The molecule has 1 atom stereocenters. The summed E-state index contributed by atoms with van der Waals surface area (Å²) in [6.45, 7) is 5.70. The van der Waals surface area contributed by atoms with Crippen molar-refractivity contribution in [1.29, 1.82) is 0 Å². The molecule has 0 saturated heterocycles. The number of nitrogen functional groups attached to an aromatic ring is 1. The van der Waals surface area contributed by atoms with Crippen LogP contribution in [-0.4, -0.2) is 22.4 Å². The lowest BCUT2D eigenvalue weighted by molar-refractivity contribution is -0.665. The van der Waals surface area contributed by atoms with Gasteiger partial charge in [-0.2, -0.15) is 0 Å². The summed E-state index contributed by atoms with van der Waals surface area (Å²) in [7, 11) is 0. The highest BCUT2D eigenvalue weighted by Gasteiger charge is 2.22. The molecule has 5 nitrogen and oxygen atoms in total. The fraction of sp³-hybridized carbons (Fsp3) is 0.381. The molecule has 3 rings (SSSR count). The van der Waals surface area contributed by atoms with Gasteiger partial charge in [-0.15, -0.1) is 0 Å². The summed E-state index contributed by atoms with van der Waals surface area (Å²) in [4.78, 5) is 0. The Balaban J connectivity index is 1.76. The van der Waals surface area contributed by atoms with Gasteiger partial charge in [0.15, 0.2) is 0 Å². The second kappa shape index (κ2) is 8.23. The van der Waals surface area contributed by atoms with Crippen LogP contribution in [0.1, 0.15) is 25.3 Å². The zero-order chi connectivity index (χ0) is 18.5. The molecule has 1 heterocycles. The first kappa shape index (κ1) is 18.3. The van der Waals surface area contributed by atoms with E-state index in [9.17, 15) is 5.11 Å². The molecule has 138 valence electrons. The first-order chi connectivity index (χ1) is 12.6. The SMILES string of the molecule is CCCCn1c(N)[n+](CC(O)COc2cccc(C)c2)c2ccccc21. The Morgan fingerprint density at radius 3 is 2.77 bits per heavy atom. The Morgan fingerprint density at radius 1 is 1.19 bits per heavy atom. The predicted octanol–water partition coefficient (Wildman–Crippen LogP) is 3.06. The van der Waals surface area contributed by atoms with Gasteiger partial charge >= 0.3 is 5.95 Å². The third-order valence-electron chi connectivity index (χ3n) is 4.58. The Morgan fingerprint density at radius 2 is 2.00 bits per heavy atom. The van der Waals surface area contributed by atoms with Gasteiger partial charge in [0.1, 0.15) is 36.0 Å². The molecule has 0 amide bonds. The molecule has 2 aromatic carbocycles. The van der Waals surface area contributed by atoms with Crippen LogP contribution < -0.4 is 15.0 Å². The number of nitrogens with zero attached hydrogens (tertiary/aromatic N) is 2. The van der Waals surface area contributed by atoms with Crippen molar-refractivity contribution >= 4 is 17.0 Å². The van der Waals surface area contributed by atoms with Gasteiger partial charge in [-0.3, -0.25) is 5.73 Å². The number of fused-ring (bicyclic) bond motifs is 1. The van der Waals surface area contributed by atoms with E-state index in [4.69, 9.17) is 10.5 Å². The number of unbranched alkanes of at least 4 members (excludes halogenated alkanes) is 1. The van der Waals surface area contributed by atoms with E-state index in [1.165, 1.54) is 0 Å². The monoisotopic (exact) mass is 354 g/mol. The van der Waals surface area contributed by atoms with Crippen LogP contribution in [-0.2, 0) is 13.1 Å². The van der Waals surface area contributed by atoms with Crippen LogP contribution in [0.25, 0.3) is 11.0 Å². The van der Waals surface area contributed by atoms with Gasteiger partial charge < -0.3 is 9.84 Å². The number of aromatic nitrogens is 2. The average Bonchev–Trinajstić information content (AvgIpc) is 2.90. The number of benzene rings is 2. The van der Waals surface area contributed by atoms with Crippen LogP contribution in [0.15, 0.2) is 48.5 Å². The van der Waals surface area contributed by atoms with E-state index in [1.54, 1.807) is 0 Å². The van der Waals surface area contributed by atoms with Crippen molar-refractivity contribution in [3.05, 3.63) is 54.1 Å². The smallest absolute Gasteiger partial charge is 0.356 e. The number of nitrogens with two attached hydrogens (primary N) is 1. The highest BCUT2D eigenvalue weighted by Crippen LogP contribution is 2.17. The predicted molar refractivity (Wildman–Crippen MR) is 104 cm³/mol. The second-order valence-corrected chi connectivity index (χ2v) is 6.74. The number of anilines is 1. The molecular weight excluding hydrogens is 326 g/mol. The van der Waals surface area contributed by atoms with Crippen molar-refractivity contribution in [2.24, 2.45) is 0 Å². The van der Waals surface area contributed by atoms with Crippen LogP contribution >= 0.6 is 0 Å². The number of hydrogen-bond donors (Lipinski definition) is 2. The molecule has 5 heteroatoms. The van der Waals surface area contributed by atoms with Gasteiger partial charge in [0.2, 0.25) is 0 Å². The molecule has 3 N–H and O–H groups in total. The number of aryl methyl sites for hydroxylation is 2. The maximum Gasteiger partial charge on any atom is 0.356 e. The quantitative estimate of drug-likeness (QED) is 0.611. The molecule has 3 aromatic rings. The third-order valence-corrected chi connectivity index (χ3v) is 4.58. The van der Waals surface area contributed by atoms with Gasteiger partial charge in [-0.05, 0) is 43.2 Å². The zero-order valence-electron chi connectivity index (χ0n) is 15.6. The number of imidazole rings is 1. The minimum Gasteiger partial charge on any atom is -0.491 e. The van der Waals surface area contributed by atoms with E-state index in [-0.39, 0.29) is 6.61 Å². The molecule has 1 aromatic heterocycles. The molecule has 1 unspecified atom stereocenters. The fourth-order valence-electron chi connectivity index (χ4n) is 3.22. The van der Waals surface area contributed by atoms with Crippen LogP contribution in [0.2, 0.25) is 0 Å². The Labute approximate surface area is 154 Å². The summed E-state index contributed by atoms with van der Waals surface area (Å²) in [5.74, 6) is 1.45. The number of aliphatic hydroxyl groups is 1. The number of hydrogen-bond acceptors (Lipinski definition) is 3. The molecule has 26 heavy (non-hydrogen) atoms. The summed E-state index contributed by atoms with van der Waals surface area (Å²) < 4.78 is 9.85. The van der Waals surface area contributed by atoms with Gasteiger partial charge in [-0.1, -0.05) is 37.6 Å². The maximum atomic E-state index is 10.5. The molecule has 0 bridgehead atoms. The van der Waals surface area contributed by atoms with E-state index < -0.39 is 6.10 Å². The van der Waals surface area contributed by atoms with E-state index in [0.29, 0.717) is 12.5 Å². The Kier molecular flexibility index (Phi) is 5.78. The van der Waals surface area contributed by atoms with E-state index >= 15 is 0 Å². The highest BCUT2D eigenvalue weighted by molar-refractivity contribution is 5.73. The lowest BCUT2D eigenvalue weighted by atomic mass is 10.2. The Hall–Kier alpha value is -2.53. The zero-order valence-corrected chi connectivity index (χ0v) is 15.6. The molecule has 0 spiro atoms. The van der Waals surface area contributed by atoms with Crippen molar-refractivity contribution < 1.29 is 14.4 Å². The van der Waals surface area contributed by atoms with Gasteiger partial charge in [0.05, 0.1) is 6.54 Å². The maximum absolute atomic E-state index is 10.5. The molecule has 0 aliphatic heterocycles. The summed E-state index contributed by atoms with van der Waals surface area (Å²) in [5.41, 5.74) is 9.68. The summed E-state index contributed by atoms with van der Waals surface area (Å²) >= 11 is 0. The largest absolute Gasteiger partial charge is 0.491 e. The van der Waals surface area contributed by atoms with Crippen molar-refractivity contribution in [2.75, 3.05) is 12.3 Å². The standard InChI is InChI=1S/C21H27N3O2/c1-3-4-12-23-19-10-5-6-11-20(19)24(21(23)22)14-17(25)15-26-18-9-7-8-16(2)13-18/h5-11,13,17,22,25H,3-4,12,14-15H2,1-2H3/p+1. The van der Waals surface area contributed by atoms with Crippen molar-refractivity contribution in [2.45, 2.75) is 45.9 Å². The average molecular weight is 354 g/mol. The van der Waals surface area contributed by atoms with Crippen LogP contribution in [0.5, 0.6) is 5.75 Å². The van der Waals surface area contributed by atoms with Gasteiger partial charge in [0, 0.05) is 0 Å². The molecule has 0 saturated carbocycles. The first-order valence-corrected chi connectivity index (χ1v) is 9.24. The lowest BCUT2D eigenvalue weighted by Gasteiger charge is -2.12. The normalized spacial score (nSPS) is 12.4. The lowest BCUT2D eigenvalue weighted by Crippen LogP contribution is -2.43. The molecule has 0 aliphatic rings. The van der Waals surface area contributed by atoms with Crippen molar-refractivity contribution in [1.82, 2.24) is 4.57 Å². The second-order valence-electron chi connectivity index (χ2n) is 6.74. The summed E-state index contributed by atoms with van der Waals surface area (Å²) in [6, 6.07) is 16.0. The molecule has 0 fully saturated rings. The van der Waals surface area contributed by atoms with Crippen molar-refractivity contribution in [3.8, 4) is 5.75 Å². The van der Waals surface area contributed by atoms with Gasteiger partial charge in [0.25, 0.3) is 0 Å². The minimum atomic E-state index is -0.645. The summed E-state index contributed by atoms with van der Waals surface area (Å²) in [6.07, 6.45) is 1.54. The topological polar surface area (TPSA) is 64.3 Å². The van der Waals surface area contributed by atoms with Gasteiger partial charge in [-0.25, -0.2) is 9.13 Å². The van der Waals surface area contributed by atoms with Crippen LogP contribution in [0, 0.1) is 6.92 Å².